The molecule has 2 rings (SSSR count). The van der Waals surface area contributed by atoms with Crippen molar-refractivity contribution in [3.63, 3.8) is 0 Å². The molecule has 1 aliphatic heterocycles. The smallest absolute Gasteiger partial charge is 0.305 e. The number of aliphatic carboxylic acids is 1. The van der Waals surface area contributed by atoms with E-state index in [-0.39, 0.29) is 18.9 Å². The molecule has 100 valence electrons. The summed E-state index contributed by atoms with van der Waals surface area (Å²) in [4.78, 5) is 24.3. The zero-order valence-electron chi connectivity index (χ0n) is 9.46. The van der Waals surface area contributed by atoms with E-state index < -0.39 is 5.97 Å². The molecule has 0 radical (unpaired) electrons. The van der Waals surface area contributed by atoms with Crippen molar-refractivity contribution >= 4 is 62.2 Å². The number of carboxylic acid groups (broad SMARTS) is 1. The Kier molecular flexibility index (Phi) is 4.43. The van der Waals surface area contributed by atoms with E-state index in [9.17, 15) is 9.59 Å². The molecule has 0 unspecified atom stereocenters. The van der Waals surface area contributed by atoms with E-state index in [4.69, 9.17) is 21.7 Å². The molecule has 1 fully saturated rings. The molecule has 0 atom stereocenters. The summed E-state index contributed by atoms with van der Waals surface area (Å²) in [6.07, 6.45) is 1.46. The Morgan fingerprint density at radius 2 is 2.32 bits per heavy atom. The summed E-state index contributed by atoms with van der Waals surface area (Å²) in [7, 11) is 0. The third kappa shape index (κ3) is 3.46. The SMILES string of the molecule is O=C(O)CCN1C(=O)C(=Cc2ccc(Br)o2)SC1=S. The molecule has 1 amide bonds. The van der Waals surface area contributed by atoms with Gasteiger partial charge in [-0.05, 0) is 28.1 Å². The molecule has 2 heterocycles. The average molecular weight is 362 g/mol. The van der Waals surface area contributed by atoms with Gasteiger partial charge in [0.2, 0.25) is 0 Å². The standard InChI is InChI=1S/C11H8BrNO4S2/c12-8-2-1-6(17-8)5-7-10(16)13(11(18)19-7)4-3-9(14)15/h1-2,5H,3-4H2,(H,14,15). The van der Waals surface area contributed by atoms with Gasteiger partial charge in [-0.25, -0.2) is 0 Å². The van der Waals surface area contributed by atoms with Gasteiger partial charge < -0.3 is 9.52 Å². The van der Waals surface area contributed by atoms with Crippen molar-refractivity contribution in [1.29, 1.82) is 0 Å². The first-order valence-corrected chi connectivity index (χ1v) is 7.21. The minimum absolute atomic E-state index is 0.0825. The summed E-state index contributed by atoms with van der Waals surface area (Å²) in [5.74, 6) is -0.720. The van der Waals surface area contributed by atoms with Crippen LogP contribution in [0.5, 0.6) is 0 Å². The number of carbonyl (C=O) groups is 2. The molecular formula is C11H8BrNO4S2. The van der Waals surface area contributed by atoms with Gasteiger partial charge in [-0.2, -0.15) is 0 Å². The van der Waals surface area contributed by atoms with Crippen LogP contribution in [0.3, 0.4) is 0 Å². The van der Waals surface area contributed by atoms with Gasteiger partial charge in [-0.3, -0.25) is 14.5 Å². The lowest BCUT2D eigenvalue weighted by Crippen LogP contribution is -2.30. The minimum atomic E-state index is -0.965. The minimum Gasteiger partial charge on any atom is -0.481 e. The number of carboxylic acids is 1. The average Bonchev–Trinajstić information content (AvgIpc) is 2.83. The van der Waals surface area contributed by atoms with Crippen LogP contribution in [-0.4, -0.2) is 32.7 Å². The zero-order chi connectivity index (χ0) is 14.0. The number of furan rings is 1. The highest BCUT2D eigenvalue weighted by Gasteiger charge is 2.32. The van der Waals surface area contributed by atoms with Gasteiger partial charge in [-0.1, -0.05) is 24.0 Å². The van der Waals surface area contributed by atoms with Crippen molar-refractivity contribution in [3.8, 4) is 0 Å². The monoisotopic (exact) mass is 361 g/mol. The number of thiocarbonyl (C=S) groups is 1. The molecule has 0 bridgehead atoms. The summed E-state index contributed by atoms with van der Waals surface area (Å²) in [6, 6.07) is 3.44. The number of nitrogens with zero attached hydrogens (tertiary/aromatic N) is 1. The summed E-state index contributed by atoms with van der Waals surface area (Å²) >= 11 is 9.37. The highest BCUT2D eigenvalue weighted by atomic mass is 79.9. The summed E-state index contributed by atoms with van der Waals surface area (Å²) in [5.41, 5.74) is 0. The van der Waals surface area contributed by atoms with Crippen LogP contribution in [0.4, 0.5) is 0 Å². The maximum Gasteiger partial charge on any atom is 0.305 e. The highest BCUT2D eigenvalue weighted by Crippen LogP contribution is 2.33. The van der Waals surface area contributed by atoms with Crippen LogP contribution in [-0.2, 0) is 9.59 Å². The lowest BCUT2D eigenvalue weighted by atomic mass is 10.3. The predicted octanol–water partition coefficient (Wildman–Crippen LogP) is 2.72. The predicted molar refractivity (Wildman–Crippen MR) is 78.5 cm³/mol. The largest absolute Gasteiger partial charge is 0.481 e. The second-order valence-corrected chi connectivity index (χ2v) is 6.08. The van der Waals surface area contributed by atoms with Crippen LogP contribution in [0.25, 0.3) is 6.08 Å². The van der Waals surface area contributed by atoms with E-state index in [0.717, 1.165) is 11.8 Å². The number of halogens is 1. The normalized spacial score (nSPS) is 17.5. The van der Waals surface area contributed by atoms with E-state index in [0.29, 0.717) is 19.7 Å². The van der Waals surface area contributed by atoms with Crippen LogP contribution in [0.2, 0.25) is 0 Å². The number of hydrogen-bond donors (Lipinski definition) is 1. The maximum absolute atomic E-state index is 12.0. The zero-order valence-corrected chi connectivity index (χ0v) is 12.7. The van der Waals surface area contributed by atoms with Crippen LogP contribution in [0.15, 0.2) is 26.1 Å². The van der Waals surface area contributed by atoms with Crippen LogP contribution in [0, 0.1) is 0 Å². The van der Waals surface area contributed by atoms with Crippen molar-refractivity contribution in [2.45, 2.75) is 6.42 Å². The molecule has 8 heteroatoms. The van der Waals surface area contributed by atoms with E-state index >= 15 is 0 Å². The Morgan fingerprint density at radius 1 is 1.58 bits per heavy atom. The third-order valence-corrected chi connectivity index (χ3v) is 4.09. The molecule has 0 aliphatic carbocycles. The Labute approximate surface area is 126 Å². The van der Waals surface area contributed by atoms with Gasteiger partial charge in [0.05, 0.1) is 11.3 Å². The van der Waals surface area contributed by atoms with E-state index in [2.05, 4.69) is 15.9 Å². The molecule has 1 aliphatic rings. The van der Waals surface area contributed by atoms with Crippen LogP contribution in [0.1, 0.15) is 12.2 Å². The quantitative estimate of drug-likeness (QED) is 0.656. The van der Waals surface area contributed by atoms with Crippen molar-refractivity contribution in [1.82, 2.24) is 4.90 Å². The van der Waals surface area contributed by atoms with Crippen LogP contribution >= 0.6 is 39.9 Å². The first-order valence-electron chi connectivity index (χ1n) is 5.20. The molecular weight excluding hydrogens is 354 g/mol. The summed E-state index contributed by atoms with van der Waals surface area (Å²) in [5, 5.41) is 8.63. The number of thioether (sulfide) groups is 1. The second-order valence-electron chi connectivity index (χ2n) is 3.62. The molecule has 19 heavy (non-hydrogen) atoms. The van der Waals surface area contributed by atoms with Gasteiger partial charge in [0.25, 0.3) is 5.91 Å². The Morgan fingerprint density at radius 3 is 2.89 bits per heavy atom. The first-order chi connectivity index (χ1) is 8.97. The lowest BCUT2D eigenvalue weighted by Gasteiger charge is -2.12. The lowest BCUT2D eigenvalue weighted by molar-refractivity contribution is -0.137. The molecule has 0 saturated carbocycles. The molecule has 5 nitrogen and oxygen atoms in total. The first kappa shape index (κ1) is 14.3. The van der Waals surface area contributed by atoms with Gasteiger partial charge >= 0.3 is 5.97 Å². The van der Waals surface area contributed by atoms with Crippen molar-refractivity contribution < 1.29 is 19.1 Å². The Bertz CT molecular complexity index is 581. The summed E-state index contributed by atoms with van der Waals surface area (Å²) in [6.45, 7) is 0.0825. The van der Waals surface area contributed by atoms with Gasteiger partial charge in [0.15, 0.2) is 4.67 Å². The van der Waals surface area contributed by atoms with E-state index in [1.54, 1.807) is 18.2 Å². The molecule has 1 N–H and O–H groups in total. The fourth-order valence-corrected chi connectivity index (χ4v) is 3.04. The number of rotatable bonds is 4. The van der Waals surface area contributed by atoms with Crippen molar-refractivity contribution in [2.75, 3.05) is 6.54 Å². The molecule has 1 aromatic heterocycles. The Hall–Kier alpha value is -1.12. The number of amides is 1. The molecule has 1 saturated heterocycles. The van der Waals surface area contributed by atoms with Gasteiger partial charge in [-0.15, -0.1) is 0 Å². The molecule has 0 spiro atoms. The van der Waals surface area contributed by atoms with E-state index in [1.165, 1.54) is 4.90 Å². The Balaban J connectivity index is 2.13. The topological polar surface area (TPSA) is 70.8 Å². The van der Waals surface area contributed by atoms with Gasteiger partial charge in [0.1, 0.15) is 10.1 Å². The van der Waals surface area contributed by atoms with Crippen molar-refractivity contribution in [3.05, 3.63) is 27.5 Å². The number of hydrogen-bond acceptors (Lipinski definition) is 5. The highest BCUT2D eigenvalue weighted by molar-refractivity contribution is 9.10. The van der Waals surface area contributed by atoms with Crippen molar-refractivity contribution in [2.24, 2.45) is 0 Å². The summed E-state index contributed by atoms with van der Waals surface area (Å²) < 4.78 is 6.21. The second kappa shape index (κ2) is 5.89. The number of carbonyl (C=O) groups excluding carboxylic acids is 1. The third-order valence-electron chi connectivity index (χ3n) is 2.29. The van der Waals surface area contributed by atoms with E-state index in [1.807, 2.05) is 0 Å². The maximum atomic E-state index is 12.0. The molecule has 0 aromatic carbocycles. The fourth-order valence-electron chi connectivity index (χ4n) is 1.44. The fraction of sp³-hybridized carbons (Fsp3) is 0.182. The molecule has 1 aromatic rings. The van der Waals surface area contributed by atoms with Crippen LogP contribution < -0.4 is 0 Å². The van der Waals surface area contributed by atoms with Gasteiger partial charge in [0, 0.05) is 12.6 Å².